The van der Waals surface area contributed by atoms with Crippen LogP contribution in [0.3, 0.4) is 0 Å². The largest absolute Gasteiger partial charge is 0.490 e. The van der Waals surface area contributed by atoms with E-state index < -0.39 is 0 Å². The van der Waals surface area contributed by atoms with Crippen molar-refractivity contribution < 1.29 is 23.4 Å². The van der Waals surface area contributed by atoms with Gasteiger partial charge in [-0.15, -0.1) is 0 Å². The lowest BCUT2D eigenvalue weighted by atomic mass is 10.1. The molecule has 0 aliphatic heterocycles. The van der Waals surface area contributed by atoms with Crippen LogP contribution in [0.1, 0.15) is 36.7 Å². The molecule has 0 heterocycles. The molecule has 0 fully saturated rings. The summed E-state index contributed by atoms with van der Waals surface area (Å²) in [6.07, 6.45) is 0. The van der Waals surface area contributed by atoms with E-state index in [0.29, 0.717) is 48.2 Å². The fourth-order valence-corrected chi connectivity index (χ4v) is 2.43. The molecule has 0 atom stereocenters. The lowest BCUT2D eigenvalue weighted by Gasteiger charge is -2.16. The highest BCUT2D eigenvalue weighted by molar-refractivity contribution is 5.95. The highest BCUT2D eigenvalue weighted by atomic mass is 19.1. The van der Waals surface area contributed by atoms with Crippen LogP contribution in [0.25, 0.3) is 0 Å². The van der Waals surface area contributed by atoms with E-state index in [4.69, 9.17) is 14.2 Å². The lowest BCUT2D eigenvalue weighted by Crippen LogP contribution is -2.23. The summed E-state index contributed by atoms with van der Waals surface area (Å²) in [5, 5.41) is 2.73. The van der Waals surface area contributed by atoms with Crippen molar-refractivity contribution in [2.24, 2.45) is 0 Å². The van der Waals surface area contributed by atoms with Crippen molar-refractivity contribution in [3.05, 3.63) is 53.3 Å². The SMILES string of the molecule is CCOc1cc(C(=O)NCC#Cc2ccc(F)cc2)cc(OCC)c1OCC. The normalized spacial score (nSPS) is 9.86. The van der Waals surface area contributed by atoms with Crippen LogP contribution < -0.4 is 19.5 Å². The molecule has 6 heteroatoms. The van der Waals surface area contributed by atoms with Crippen molar-refractivity contribution in [1.82, 2.24) is 5.32 Å². The van der Waals surface area contributed by atoms with E-state index in [-0.39, 0.29) is 18.3 Å². The molecule has 0 aromatic heterocycles. The molecular weight excluding hydrogens is 361 g/mol. The molecule has 1 N–H and O–H groups in total. The average Bonchev–Trinajstić information content (AvgIpc) is 2.69. The van der Waals surface area contributed by atoms with Gasteiger partial charge in [-0.2, -0.15) is 0 Å². The van der Waals surface area contributed by atoms with Gasteiger partial charge in [-0.25, -0.2) is 4.39 Å². The molecule has 0 saturated carbocycles. The summed E-state index contributed by atoms with van der Waals surface area (Å²) < 4.78 is 29.8. The number of carbonyl (C=O) groups excluding carboxylic acids is 1. The van der Waals surface area contributed by atoms with Crippen molar-refractivity contribution in [3.63, 3.8) is 0 Å². The minimum atomic E-state index is -0.315. The highest BCUT2D eigenvalue weighted by Gasteiger charge is 2.18. The van der Waals surface area contributed by atoms with E-state index in [0.717, 1.165) is 0 Å². The van der Waals surface area contributed by atoms with Crippen LogP contribution in [0.15, 0.2) is 36.4 Å². The van der Waals surface area contributed by atoms with Gasteiger partial charge in [-0.1, -0.05) is 11.8 Å². The number of hydrogen-bond acceptors (Lipinski definition) is 4. The second kappa shape index (κ2) is 10.8. The fraction of sp³-hybridized carbons (Fsp3) is 0.318. The molecule has 28 heavy (non-hydrogen) atoms. The van der Waals surface area contributed by atoms with Crippen molar-refractivity contribution in [3.8, 4) is 29.1 Å². The number of halogens is 1. The Bertz CT molecular complexity index is 826. The third-order valence-electron chi connectivity index (χ3n) is 3.59. The Kier molecular flexibility index (Phi) is 8.16. The zero-order valence-electron chi connectivity index (χ0n) is 16.3. The predicted molar refractivity (Wildman–Crippen MR) is 106 cm³/mol. The maximum atomic E-state index is 12.9. The van der Waals surface area contributed by atoms with Gasteiger partial charge in [0.1, 0.15) is 5.82 Å². The van der Waals surface area contributed by atoms with Gasteiger partial charge in [0.15, 0.2) is 11.5 Å². The minimum absolute atomic E-state index is 0.150. The molecule has 2 aromatic rings. The molecular formula is C22H24FNO4. The first-order chi connectivity index (χ1) is 13.6. The Morgan fingerprint density at radius 1 is 0.964 bits per heavy atom. The molecule has 2 rings (SSSR count). The zero-order valence-corrected chi connectivity index (χ0v) is 16.3. The Balaban J connectivity index is 2.14. The van der Waals surface area contributed by atoms with Gasteiger partial charge < -0.3 is 19.5 Å². The molecule has 0 unspecified atom stereocenters. The lowest BCUT2D eigenvalue weighted by molar-refractivity contribution is 0.0957. The van der Waals surface area contributed by atoms with Gasteiger partial charge in [0.25, 0.3) is 5.91 Å². The maximum Gasteiger partial charge on any atom is 0.252 e. The minimum Gasteiger partial charge on any atom is -0.490 e. The van der Waals surface area contributed by atoms with Gasteiger partial charge in [-0.05, 0) is 57.2 Å². The number of ether oxygens (including phenoxy) is 3. The van der Waals surface area contributed by atoms with Crippen LogP contribution in [-0.2, 0) is 0 Å². The van der Waals surface area contributed by atoms with Gasteiger partial charge in [0.05, 0.1) is 26.4 Å². The number of carbonyl (C=O) groups is 1. The fourth-order valence-electron chi connectivity index (χ4n) is 2.43. The highest BCUT2D eigenvalue weighted by Crippen LogP contribution is 2.39. The second-order valence-electron chi connectivity index (χ2n) is 5.59. The summed E-state index contributed by atoms with van der Waals surface area (Å²) in [5.74, 6) is 6.48. The standard InChI is InChI=1S/C22H24FNO4/c1-4-26-19-14-17(15-20(27-5-2)21(19)28-6-3)22(25)24-13-7-8-16-9-11-18(23)12-10-16/h9-12,14-15H,4-6,13H2,1-3H3,(H,24,25). The third-order valence-corrected chi connectivity index (χ3v) is 3.59. The Labute approximate surface area is 164 Å². The molecule has 5 nitrogen and oxygen atoms in total. The van der Waals surface area contributed by atoms with Crippen LogP contribution in [0.5, 0.6) is 17.2 Å². The summed E-state index contributed by atoms with van der Waals surface area (Å²) in [7, 11) is 0. The van der Waals surface area contributed by atoms with Gasteiger partial charge in [0.2, 0.25) is 5.75 Å². The molecule has 2 aromatic carbocycles. The number of benzene rings is 2. The molecule has 0 aliphatic rings. The van der Waals surface area contributed by atoms with Crippen molar-refractivity contribution >= 4 is 5.91 Å². The van der Waals surface area contributed by atoms with E-state index in [1.54, 1.807) is 24.3 Å². The first kappa shape index (κ1) is 21.1. The Morgan fingerprint density at radius 2 is 1.54 bits per heavy atom. The number of hydrogen-bond donors (Lipinski definition) is 1. The number of amides is 1. The van der Waals surface area contributed by atoms with E-state index in [9.17, 15) is 9.18 Å². The van der Waals surface area contributed by atoms with E-state index in [1.165, 1.54) is 12.1 Å². The molecule has 148 valence electrons. The van der Waals surface area contributed by atoms with Crippen LogP contribution in [-0.4, -0.2) is 32.3 Å². The number of nitrogens with one attached hydrogen (secondary N) is 1. The van der Waals surface area contributed by atoms with Gasteiger partial charge >= 0.3 is 0 Å². The van der Waals surface area contributed by atoms with Crippen molar-refractivity contribution in [2.75, 3.05) is 26.4 Å². The zero-order chi connectivity index (χ0) is 20.4. The molecule has 0 radical (unpaired) electrons. The quantitative estimate of drug-likeness (QED) is 0.702. The second-order valence-corrected chi connectivity index (χ2v) is 5.59. The van der Waals surface area contributed by atoms with Crippen LogP contribution in [0.4, 0.5) is 4.39 Å². The van der Waals surface area contributed by atoms with E-state index in [2.05, 4.69) is 17.2 Å². The van der Waals surface area contributed by atoms with Gasteiger partial charge in [0, 0.05) is 11.1 Å². The van der Waals surface area contributed by atoms with E-state index >= 15 is 0 Å². The first-order valence-electron chi connectivity index (χ1n) is 9.18. The average molecular weight is 385 g/mol. The predicted octanol–water partition coefficient (Wildman–Crippen LogP) is 3.80. The maximum absolute atomic E-state index is 12.9. The number of rotatable bonds is 8. The van der Waals surface area contributed by atoms with Crippen LogP contribution in [0, 0.1) is 17.7 Å². The molecule has 0 saturated heterocycles. The summed E-state index contributed by atoms with van der Waals surface area (Å²) in [4.78, 5) is 12.5. The molecule has 0 aliphatic carbocycles. The topological polar surface area (TPSA) is 56.8 Å². The van der Waals surface area contributed by atoms with Crippen molar-refractivity contribution in [1.29, 1.82) is 0 Å². The molecule has 1 amide bonds. The summed E-state index contributed by atoms with van der Waals surface area (Å²) in [6, 6.07) is 9.10. The smallest absolute Gasteiger partial charge is 0.252 e. The Hall–Kier alpha value is -3.20. The Morgan fingerprint density at radius 3 is 2.07 bits per heavy atom. The summed E-state index contributed by atoms with van der Waals surface area (Å²) in [5.41, 5.74) is 1.06. The summed E-state index contributed by atoms with van der Waals surface area (Å²) >= 11 is 0. The van der Waals surface area contributed by atoms with Crippen LogP contribution >= 0.6 is 0 Å². The van der Waals surface area contributed by atoms with Crippen molar-refractivity contribution in [2.45, 2.75) is 20.8 Å². The molecule has 0 spiro atoms. The monoisotopic (exact) mass is 385 g/mol. The molecule has 0 bridgehead atoms. The first-order valence-corrected chi connectivity index (χ1v) is 9.18. The van der Waals surface area contributed by atoms with Gasteiger partial charge in [-0.3, -0.25) is 4.79 Å². The third kappa shape index (κ3) is 5.92. The summed E-state index contributed by atoms with van der Waals surface area (Å²) in [6.45, 7) is 7.04. The van der Waals surface area contributed by atoms with Crippen LogP contribution in [0.2, 0.25) is 0 Å². The van der Waals surface area contributed by atoms with E-state index in [1.807, 2.05) is 20.8 Å².